The molecule has 0 spiro atoms. The molecule has 0 bridgehead atoms. The van der Waals surface area contributed by atoms with Crippen LogP contribution >= 0.6 is 0 Å². The summed E-state index contributed by atoms with van der Waals surface area (Å²) in [6.45, 7) is 5.95. The van der Waals surface area contributed by atoms with Crippen LogP contribution in [-0.2, 0) is 11.2 Å². The van der Waals surface area contributed by atoms with Gasteiger partial charge in [-0.1, -0.05) is 29.8 Å². The molecule has 4 heteroatoms. The van der Waals surface area contributed by atoms with E-state index in [0.29, 0.717) is 17.9 Å². The second-order valence-corrected chi connectivity index (χ2v) is 6.25. The maximum Gasteiger partial charge on any atom is 0.268 e. The van der Waals surface area contributed by atoms with Gasteiger partial charge in [0.25, 0.3) is 5.91 Å². The van der Waals surface area contributed by atoms with Crippen molar-refractivity contribution in [2.75, 3.05) is 4.90 Å². The SMILES string of the molecule is Cc1ccc(CC2Oc3ccc(O)cc3N(C(C)C)C2=O)cc1. The molecule has 1 heterocycles. The minimum absolute atomic E-state index is 0.00697. The molecule has 1 unspecified atom stereocenters. The van der Waals surface area contributed by atoms with Crippen molar-refractivity contribution in [3.63, 3.8) is 0 Å². The summed E-state index contributed by atoms with van der Waals surface area (Å²) in [7, 11) is 0. The number of ether oxygens (including phenoxy) is 1. The summed E-state index contributed by atoms with van der Waals surface area (Å²) in [5.74, 6) is 0.690. The van der Waals surface area contributed by atoms with Crippen LogP contribution in [0.5, 0.6) is 11.5 Å². The predicted octanol–water partition coefficient (Wildman–Crippen LogP) is 3.45. The third-order valence-electron chi connectivity index (χ3n) is 4.04. The molecule has 0 aliphatic carbocycles. The number of carbonyl (C=O) groups excluding carboxylic acids is 1. The van der Waals surface area contributed by atoms with Crippen molar-refractivity contribution in [1.29, 1.82) is 0 Å². The largest absolute Gasteiger partial charge is 0.508 e. The zero-order valence-corrected chi connectivity index (χ0v) is 13.6. The first-order valence-corrected chi connectivity index (χ1v) is 7.84. The number of phenolic OH excluding ortho intramolecular Hbond substituents is 1. The summed E-state index contributed by atoms with van der Waals surface area (Å²) >= 11 is 0. The Balaban J connectivity index is 1.93. The fourth-order valence-electron chi connectivity index (χ4n) is 2.87. The Bertz CT molecular complexity index is 722. The van der Waals surface area contributed by atoms with Crippen LogP contribution in [0.2, 0.25) is 0 Å². The van der Waals surface area contributed by atoms with Gasteiger partial charge in [-0.3, -0.25) is 4.79 Å². The number of nitrogens with zero attached hydrogens (tertiary/aromatic N) is 1. The first-order chi connectivity index (χ1) is 11.0. The number of anilines is 1. The van der Waals surface area contributed by atoms with E-state index in [9.17, 15) is 9.90 Å². The summed E-state index contributed by atoms with van der Waals surface area (Å²) in [5.41, 5.74) is 2.89. The number of amides is 1. The van der Waals surface area contributed by atoms with Crippen LogP contribution in [-0.4, -0.2) is 23.2 Å². The highest BCUT2D eigenvalue weighted by Crippen LogP contribution is 2.38. The quantitative estimate of drug-likeness (QED) is 0.944. The fourth-order valence-corrected chi connectivity index (χ4v) is 2.87. The average Bonchev–Trinajstić information content (AvgIpc) is 2.50. The van der Waals surface area contributed by atoms with E-state index in [1.165, 1.54) is 5.56 Å². The molecule has 1 atom stereocenters. The van der Waals surface area contributed by atoms with Gasteiger partial charge in [0.2, 0.25) is 0 Å². The Hall–Kier alpha value is -2.49. The van der Waals surface area contributed by atoms with E-state index >= 15 is 0 Å². The molecule has 0 saturated heterocycles. The highest BCUT2D eigenvalue weighted by molar-refractivity contribution is 6.00. The molecule has 120 valence electrons. The molecule has 0 fully saturated rings. The van der Waals surface area contributed by atoms with Gasteiger partial charge in [0.1, 0.15) is 11.5 Å². The number of fused-ring (bicyclic) bond motifs is 1. The molecule has 0 radical (unpaired) electrons. The summed E-state index contributed by atoms with van der Waals surface area (Å²) in [5, 5.41) is 9.71. The van der Waals surface area contributed by atoms with Crippen molar-refractivity contribution in [2.24, 2.45) is 0 Å². The molecule has 1 aliphatic rings. The van der Waals surface area contributed by atoms with Crippen LogP contribution in [0.25, 0.3) is 0 Å². The monoisotopic (exact) mass is 311 g/mol. The summed E-state index contributed by atoms with van der Waals surface area (Å²) in [6, 6.07) is 13.0. The van der Waals surface area contributed by atoms with Crippen molar-refractivity contribution >= 4 is 11.6 Å². The smallest absolute Gasteiger partial charge is 0.268 e. The Kier molecular flexibility index (Phi) is 3.99. The van der Waals surface area contributed by atoms with Crippen molar-refractivity contribution in [3.05, 3.63) is 53.6 Å². The summed E-state index contributed by atoms with van der Waals surface area (Å²) in [6.07, 6.45) is -0.0139. The number of carbonyl (C=O) groups is 1. The number of aromatic hydroxyl groups is 1. The normalized spacial score (nSPS) is 17.1. The van der Waals surface area contributed by atoms with Crippen molar-refractivity contribution in [1.82, 2.24) is 0 Å². The number of hydrogen-bond acceptors (Lipinski definition) is 3. The standard InChI is InChI=1S/C19H21NO3/c1-12(2)20-16-11-15(21)8-9-17(16)23-18(19(20)22)10-14-6-4-13(3)5-7-14/h4-9,11-12,18,21H,10H2,1-3H3. The van der Waals surface area contributed by atoms with Crippen LogP contribution in [0.4, 0.5) is 5.69 Å². The van der Waals surface area contributed by atoms with E-state index in [1.807, 2.05) is 45.0 Å². The lowest BCUT2D eigenvalue weighted by Crippen LogP contribution is -2.49. The highest BCUT2D eigenvalue weighted by Gasteiger charge is 2.36. The molecule has 1 N–H and O–H groups in total. The first-order valence-electron chi connectivity index (χ1n) is 7.84. The second kappa shape index (κ2) is 5.95. The van der Waals surface area contributed by atoms with Crippen molar-refractivity contribution < 1.29 is 14.6 Å². The maximum atomic E-state index is 12.8. The minimum atomic E-state index is -0.544. The van der Waals surface area contributed by atoms with Crippen LogP contribution < -0.4 is 9.64 Å². The zero-order chi connectivity index (χ0) is 16.6. The summed E-state index contributed by atoms with van der Waals surface area (Å²) in [4.78, 5) is 14.5. The van der Waals surface area contributed by atoms with Gasteiger partial charge in [0.05, 0.1) is 5.69 Å². The number of benzene rings is 2. The van der Waals surface area contributed by atoms with E-state index in [1.54, 1.807) is 23.1 Å². The molecule has 1 amide bonds. The molecule has 2 aromatic carbocycles. The molecule has 1 aliphatic heterocycles. The van der Waals surface area contributed by atoms with E-state index < -0.39 is 6.10 Å². The third kappa shape index (κ3) is 3.02. The predicted molar refractivity (Wildman–Crippen MR) is 90.0 cm³/mol. The van der Waals surface area contributed by atoms with E-state index in [-0.39, 0.29) is 17.7 Å². The van der Waals surface area contributed by atoms with Gasteiger partial charge < -0.3 is 14.7 Å². The van der Waals surface area contributed by atoms with Gasteiger partial charge in [0.15, 0.2) is 6.10 Å². The van der Waals surface area contributed by atoms with Crippen molar-refractivity contribution in [2.45, 2.75) is 39.3 Å². The Morgan fingerprint density at radius 1 is 1.17 bits per heavy atom. The molecule has 0 aromatic heterocycles. The molecule has 23 heavy (non-hydrogen) atoms. The van der Waals surface area contributed by atoms with Crippen LogP contribution in [0.1, 0.15) is 25.0 Å². The van der Waals surface area contributed by atoms with Crippen LogP contribution in [0, 0.1) is 6.92 Å². The Morgan fingerprint density at radius 3 is 2.52 bits per heavy atom. The van der Waals surface area contributed by atoms with Crippen LogP contribution in [0.3, 0.4) is 0 Å². The Labute approximate surface area is 136 Å². The van der Waals surface area contributed by atoms with Gasteiger partial charge >= 0.3 is 0 Å². The van der Waals surface area contributed by atoms with E-state index in [0.717, 1.165) is 5.56 Å². The first kappa shape index (κ1) is 15.4. The molecular weight excluding hydrogens is 290 g/mol. The van der Waals surface area contributed by atoms with Crippen molar-refractivity contribution in [3.8, 4) is 11.5 Å². The maximum absolute atomic E-state index is 12.8. The van der Waals surface area contributed by atoms with Gasteiger partial charge in [0, 0.05) is 18.5 Å². The topological polar surface area (TPSA) is 49.8 Å². The lowest BCUT2D eigenvalue weighted by atomic mass is 10.0. The lowest BCUT2D eigenvalue weighted by molar-refractivity contribution is -0.126. The van der Waals surface area contributed by atoms with Gasteiger partial charge in [-0.05, 0) is 38.5 Å². The van der Waals surface area contributed by atoms with Gasteiger partial charge in [-0.2, -0.15) is 0 Å². The molecule has 0 saturated carbocycles. The van der Waals surface area contributed by atoms with E-state index in [4.69, 9.17) is 4.74 Å². The summed E-state index contributed by atoms with van der Waals surface area (Å²) < 4.78 is 5.91. The molecule has 4 nitrogen and oxygen atoms in total. The average molecular weight is 311 g/mol. The minimum Gasteiger partial charge on any atom is -0.508 e. The number of aryl methyl sites for hydroxylation is 1. The second-order valence-electron chi connectivity index (χ2n) is 6.25. The van der Waals surface area contributed by atoms with Gasteiger partial charge in [-0.25, -0.2) is 0 Å². The van der Waals surface area contributed by atoms with Crippen LogP contribution in [0.15, 0.2) is 42.5 Å². The number of hydrogen-bond donors (Lipinski definition) is 1. The van der Waals surface area contributed by atoms with Gasteiger partial charge in [-0.15, -0.1) is 0 Å². The lowest BCUT2D eigenvalue weighted by Gasteiger charge is -2.37. The zero-order valence-electron chi connectivity index (χ0n) is 13.6. The fraction of sp³-hybridized carbons (Fsp3) is 0.316. The number of rotatable bonds is 3. The molecule has 2 aromatic rings. The Morgan fingerprint density at radius 2 is 1.87 bits per heavy atom. The third-order valence-corrected chi connectivity index (χ3v) is 4.04. The molecular formula is C19H21NO3. The highest BCUT2D eigenvalue weighted by atomic mass is 16.5. The van der Waals surface area contributed by atoms with E-state index in [2.05, 4.69) is 0 Å². The number of phenols is 1. The molecule has 3 rings (SSSR count).